The zero-order chi connectivity index (χ0) is 14.4. The predicted molar refractivity (Wildman–Crippen MR) is 76.5 cm³/mol. The first-order chi connectivity index (χ1) is 9.66. The third-order valence-corrected chi connectivity index (χ3v) is 3.72. The maximum atomic E-state index is 11.6. The second kappa shape index (κ2) is 7.35. The number of H-pyrrole nitrogens is 1. The Hall–Kier alpha value is -1.47. The Morgan fingerprint density at radius 2 is 2.15 bits per heavy atom. The molecule has 0 saturated carbocycles. The van der Waals surface area contributed by atoms with Crippen LogP contribution in [0.5, 0.6) is 0 Å². The first-order valence-corrected chi connectivity index (χ1v) is 7.27. The molecule has 7 nitrogen and oxygen atoms in total. The summed E-state index contributed by atoms with van der Waals surface area (Å²) >= 11 is 0. The molecule has 1 aliphatic rings. The van der Waals surface area contributed by atoms with Gasteiger partial charge in [0.2, 0.25) is 0 Å². The first kappa shape index (κ1) is 14.9. The number of aromatic nitrogens is 3. The van der Waals surface area contributed by atoms with Gasteiger partial charge in [-0.1, -0.05) is 0 Å². The lowest BCUT2D eigenvalue weighted by Crippen LogP contribution is -2.49. The Balaban J connectivity index is 1.57. The highest BCUT2D eigenvalue weighted by Gasteiger charge is 2.18. The minimum absolute atomic E-state index is 0.164. The van der Waals surface area contributed by atoms with Crippen LogP contribution in [0.1, 0.15) is 30.8 Å². The summed E-state index contributed by atoms with van der Waals surface area (Å²) in [5, 5.41) is 12.6. The van der Waals surface area contributed by atoms with Crippen molar-refractivity contribution in [3.63, 3.8) is 0 Å². The van der Waals surface area contributed by atoms with Crippen molar-refractivity contribution < 1.29 is 4.79 Å². The molecule has 0 spiro atoms. The Morgan fingerprint density at radius 1 is 1.40 bits per heavy atom. The molecule has 1 amide bonds. The molecule has 1 saturated heterocycles. The molecule has 20 heavy (non-hydrogen) atoms. The van der Waals surface area contributed by atoms with Crippen LogP contribution in [0.4, 0.5) is 0 Å². The summed E-state index contributed by atoms with van der Waals surface area (Å²) in [5.41, 5.74) is 0.343. The minimum Gasteiger partial charge on any atom is -0.351 e. The lowest BCUT2D eigenvalue weighted by molar-refractivity contribution is 0.0935. The first-order valence-electron chi connectivity index (χ1n) is 7.27. The maximum absolute atomic E-state index is 11.6. The molecule has 1 aromatic rings. The molecule has 1 fully saturated rings. The number of nitrogens with one attached hydrogen (secondary N) is 2. The SMILES string of the molecule is CC(C)N1CCN(CCCNC(=O)c2cn[nH]n2)CC1. The summed E-state index contributed by atoms with van der Waals surface area (Å²) in [6.45, 7) is 10.7. The van der Waals surface area contributed by atoms with Gasteiger partial charge in [-0.2, -0.15) is 15.4 Å². The maximum Gasteiger partial charge on any atom is 0.273 e. The predicted octanol–water partition coefficient (Wildman–Crippen LogP) is -0.0494. The number of piperazine rings is 1. The van der Waals surface area contributed by atoms with Crippen molar-refractivity contribution in [3.05, 3.63) is 11.9 Å². The zero-order valence-electron chi connectivity index (χ0n) is 12.3. The number of carbonyl (C=O) groups is 1. The van der Waals surface area contributed by atoms with Crippen LogP contribution in [0, 0.1) is 0 Å². The van der Waals surface area contributed by atoms with Crippen LogP contribution in [0.25, 0.3) is 0 Å². The van der Waals surface area contributed by atoms with E-state index in [0.29, 0.717) is 18.3 Å². The molecule has 1 aliphatic heterocycles. The number of hydrogen-bond donors (Lipinski definition) is 2. The van der Waals surface area contributed by atoms with Gasteiger partial charge in [0, 0.05) is 38.8 Å². The lowest BCUT2D eigenvalue weighted by Gasteiger charge is -2.36. The Labute approximate surface area is 119 Å². The van der Waals surface area contributed by atoms with E-state index in [2.05, 4.69) is 44.4 Å². The Morgan fingerprint density at radius 3 is 2.75 bits per heavy atom. The number of hydrogen-bond acceptors (Lipinski definition) is 5. The van der Waals surface area contributed by atoms with Gasteiger partial charge in [-0.3, -0.25) is 9.69 Å². The summed E-state index contributed by atoms with van der Waals surface area (Å²) in [6.07, 6.45) is 2.39. The second-order valence-corrected chi connectivity index (χ2v) is 5.44. The fraction of sp³-hybridized carbons (Fsp3) is 0.769. The molecular formula is C13H24N6O. The van der Waals surface area contributed by atoms with E-state index in [1.807, 2.05) is 0 Å². The molecule has 0 radical (unpaired) electrons. The molecule has 1 aromatic heterocycles. The average Bonchev–Trinajstić information content (AvgIpc) is 2.98. The molecule has 2 N–H and O–H groups in total. The van der Waals surface area contributed by atoms with Gasteiger partial charge in [-0.25, -0.2) is 0 Å². The van der Waals surface area contributed by atoms with Crippen molar-refractivity contribution in [1.82, 2.24) is 30.5 Å². The highest BCUT2D eigenvalue weighted by Crippen LogP contribution is 2.05. The molecule has 0 bridgehead atoms. The molecule has 2 heterocycles. The monoisotopic (exact) mass is 280 g/mol. The third kappa shape index (κ3) is 4.28. The summed E-state index contributed by atoms with van der Waals surface area (Å²) < 4.78 is 0. The number of carbonyl (C=O) groups excluding carboxylic acids is 1. The van der Waals surface area contributed by atoms with E-state index in [1.54, 1.807) is 0 Å². The van der Waals surface area contributed by atoms with E-state index < -0.39 is 0 Å². The average molecular weight is 280 g/mol. The Bertz CT molecular complexity index is 397. The van der Waals surface area contributed by atoms with Gasteiger partial charge in [-0.15, -0.1) is 0 Å². The smallest absolute Gasteiger partial charge is 0.273 e. The van der Waals surface area contributed by atoms with Crippen LogP contribution >= 0.6 is 0 Å². The number of rotatable bonds is 6. The summed E-state index contributed by atoms with van der Waals surface area (Å²) in [7, 11) is 0. The van der Waals surface area contributed by atoms with E-state index in [1.165, 1.54) is 6.20 Å². The van der Waals surface area contributed by atoms with Gasteiger partial charge in [0.05, 0.1) is 6.20 Å². The van der Waals surface area contributed by atoms with Gasteiger partial charge < -0.3 is 10.2 Å². The molecule has 0 unspecified atom stereocenters. The van der Waals surface area contributed by atoms with Crippen LogP contribution < -0.4 is 5.32 Å². The van der Waals surface area contributed by atoms with Crippen molar-refractivity contribution in [2.24, 2.45) is 0 Å². The zero-order valence-corrected chi connectivity index (χ0v) is 12.3. The van der Waals surface area contributed by atoms with Crippen molar-refractivity contribution in [2.75, 3.05) is 39.3 Å². The topological polar surface area (TPSA) is 77.1 Å². The molecular weight excluding hydrogens is 256 g/mol. The minimum atomic E-state index is -0.164. The Kier molecular flexibility index (Phi) is 5.49. The van der Waals surface area contributed by atoms with Gasteiger partial charge in [0.25, 0.3) is 5.91 Å². The fourth-order valence-corrected chi connectivity index (χ4v) is 2.41. The molecule has 0 aliphatic carbocycles. The van der Waals surface area contributed by atoms with Crippen LogP contribution in [-0.4, -0.2) is 76.4 Å². The highest BCUT2D eigenvalue weighted by atomic mass is 16.1. The van der Waals surface area contributed by atoms with Crippen LogP contribution in [0.2, 0.25) is 0 Å². The third-order valence-electron chi connectivity index (χ3n) is 3.72. The van der Waals surface area contributed by atoms with Gasteiger partial charge >= 0.3 is 0 Å². The van der Waals surface area contributed by atoms with Crippen molar-refractivity contribution >= 4 is 5.91 Å². The van der Waals surface area contributed by atoms with Crippen LogP contribution in [-0.2, 0) is 0 Å². The largest absolute Gasteiger partial charge is 0.351 e. The van der Waals surface area contributed by atoms with Crippen molar-refractivity contribution in [3.8, 4) is 0 Å². The number of nitrogens with zero attached hydrogens (tertiary/aromatic N) is 4. The van der Waals surface area contributed by atoms with Gasteiger partial charge in [-0.05, 0) is 26.8 Å². The second-order valence-electron chi connectivity index (χ2n) is 5.44. The fourth-order valence-electron chi connectivity index (χ4n) is 2.41. The molecule has 112 valence electrons. The van der Waals surface area contributed by atoms with Gasteiger partial charge in [0.1, 0.15) is 0 Å². The molecule has 0 aromatic carbocycles. The quantitative estimate of drug-likeness (QED) is 0.715. The molecule has 7 heteroatoms. The summed E-state index contributed by atoms with van der Waals surface area (Å²) in [4.78, 5) is 16.6. The van der Waals surface area contributed by atoms with E-state index in [0.717, 1.165) is 39.1 Å². The van der Waals surface area contributed by atoms with Crippen molar-refractivity contribution in [2.45, 2.75) is 26.3 Å². The summed E-state index contributed by atoms with van der Waals surface area (Å²) in [6, 6.07) is 0.638. The summed E-state index contributed by atoms with van der Waals surface area (Å²) in [5.74, 6) is -0.164. The van der Waals surface area contributed by atoms with Crippen molar-refractivity contribution in [1.29, 1.82) is 0 Å². The highest BCUT2D eigenvalue weighted by molar-refractivity contribution is 5.91. The molecule has 0 atom stereocenters. The normalized spacial score (nSPS) is 17.6. The van der Waals surface area contributed by atoms with E-state index >= 15 is 0 Å². The van der Waals surface area contributed by atoms with E-state index in [9.17, 15) is 4.79 Å². The van der Waals surface area contributed by atoms with Crippen LogP contribution in [0.3, 0.4) is 0 Å². The van der Waals surface area contributed by atoms with E-state index in [-0.39, 0.29) is 5.91 Å². The standard InChI is InChI=1S/C13H24N6O/c1-11(2)19-8-6-18(7-9-19)5-3-4-14-13(20)12-10-15-17-16-12/h10-11H,3-9H2,1-2H3,(H,14,20)(H,15,16,17). The van der Waals surface area contributed by atoms with Crippen LogP contribution in [0.15, 0.2) is 6.20 Å². The number of aromatic amines is 1. The number of amides is 1. The van der Waals surface area contributed by atoms with Gasteiger partial charge in [0.15, 0.2) is 5.69 Å². The van der Waals surface area contributed by atoms with E-state index in [4.69, 9.17) is 0 Å². The lowest BCUT2D eigenvalue weighted by atomic mass is 10.2. The molecule has 2 rings (SSSR count).